The number of carbonyl (C=O) groups is 2. The third-order valence-electron chi connectivity index (χ3n) is 6.31. The van der Waals surface area contributed by atoms with Gasteiger partial charge in [-0.05, 0) is 41.9 Å². The zero-order chi connectivity index (χ0) is 24.6. The van der Waals surface area contributed by atoms with E-state index in [0.29, 0.717) is 16.3 Å². The molecule has 0 bridgehead atoms. The zero-order valence-corrected chi connectivity index (χ0v) is 20.9. The minimum atomic E-state index is -1.52. The van der Waals surface area contributed by atoms with Gasteiger partial charge in [-0.3, -0.25) is 9.18 Å². The number of halogens is 1. The lowest BCUT2D eigenvalue weighted by atomic mass is 9.83. The second-order valence-electron chi connectivity index (χ2n) is 10.2. The monoisotopic (exact) mass is 476 g/mol. The molecule has 1 amide bonds. The minimum absolute atomic E-state index is 0.00971. The summed E-state index contributed by atoms with van der Waals surface area (Å²) in [7, 11) is 1.55. The normalized spacial score (nSPS) is 23.2. The van der Waals surface area contributed by atoms with Gasteiger partial charge in [-0.2, -0.15) is 0 Å². The summed E-state index contributed by atoms with van der Waals surface area (Å²) in [4.78, 5) is 32.5. The van der Waals surface area contributed by atoms with Crippen LogP contribution in [0.1, 0.15) is 74.4 Å². The maximum absolute atomic E-state index is 14.3. The lowest BCUT2D eigenvalue weighted by Crippen LogP contribution is -2.54. The van der Waals surface area contributed by atoms with Gasteiger partial charge in [0, 0.05) is 23.1 Å². The fraction of sp³-hybridized carbons (Fsp3) is 0.560. The van der Waals surface area contributed by atoms with E-state index in [9.17, 15) is 19.1 Å². The summed E-state index contributed by atoms with van der Waals surface area (Å²) in [6.07, 6.45) is 1.87. The molecule has 0 spiro atoms. The van der Waals surface area contributed by atoms with Crippen molar-refractivity contribution in [1.82, 2.24) is 9.88 Å². The highest BCUT2D eigenvalue weighted by molar-refractivity contribution is 7.09. The molecule has 1 aromatic carbocycles. The Labute approximate surface area is 198 Å². The van der Waals surface area contributed by atoms with Crippen LogP contribution >= 0.6 is 11.3 Å². The number of carboxylic acids is 1. The van der Waals surface area contributed by atoms with Crippen LogP contribution in [0.3, 0.4) is 0 Å². The molecule has 6 nitrogen and oxygen atoms in total. The Balaban J connectivity index is 2.19. The number of rotatable bonds is 7. The second-order valence-corrected chi connectivity index (χ2v) is 11.1. The molecule has 0 saturated carbocycles. The molecule has 2 heterocycles. The van der Waals surface area contributed by atoms with Crippen molar-refractivity contribution in [1.29, 1.82) is 0 Å². The molecule has 1 aromatic heterocycles. The van der Waals surface area contributed by atoms with E-state index in [2.05, 4.69) is 25.8 Å². The van der Waals surface area contributed by atoms with Crippen LogP contribution in [0.25, 0.3) is 0 Å². The smallest absolute Gasteiger partial charge is 0.329 e. The Hall–Kier alpha value is -2.48. The van der Waals surface area contributed by atoms with Gasteiger partial charge < -0.3 is 14.7 Å². The largest absolute Gasteiger partial charge is 0.496 e. The van der Waals surface area contributed by atoms with Gasteiger partial charge in [0.25, 0.3) is 5.91 Å². The van der Waals surface area contributed by atoms with Crippen LogP contribution in [0.5, 0.6) is 5.75 Å². The number of hydrogen-bond acceptors (Lipinski definition) is 5. The van der Waals surface area contributed by atoms with Crippen molar-refractivity contribution in [2.45, 2.75) is 64.5 Å². The van der Waals surface area contributed by atoms with Crippen LogP contribution in [0.4, 0.5) is 4.39 Å². The summed E-state index contributed by atoms with van der Waals surface area (Å²) >= 11 is 1.31. The second kappa shape index (κ2) is 9.41. The third kappa shape index (κ3) is 4.63. The molecule has 33 heavy (non-hydrogen) atoms. The first kappa shape index (κ1) is 25.1. The van der Waals surface area contributed by atoms with Gasteiger partial charge in [-0.15, -0.1) is 11.3 Å². The van der Waals surface area contributed by atoms with Crippen molar-refractivity contribution < 1.29 is 23.8 Å². The molecule has 1 aliphatic rings. The predicted octanol–water partition coefficient (Wildman–Crippen LogP) is 5.49. The Bertz CT molecular complexity index is 1000. The van der Waals surface area contributed by atoms with Crippen molar-refractivity contribution in [2.24, 2.45) is 11.8 Å². The van der Waals surface area contributed by atoms with E-state index >= 15 is 0 Å². The highest BCUT2D eigenvalue weighted by Gasteiger charge is 2.59. The van der Waals surface area contributed by atoms with Crippen molar-refractivity contribution in [3.8, 4) is 5.75 Å². The maximum Gasteiger partial charge on any atom is 0.329 e. The molecule has 0 radical (unpaired) electrons. The Morgan fingerprint density at radius 3 is 2.55 bits per heavy atom. The SMILES string of the molecule is COc1cc(C(=O)N2[C@@H](c3nccs3)[C@H](CF)C[C@@]2(CC(C)C)C(=O)O)ccc1C(C)(C)C. The minimum Gasteiger partial charge on any atom is -0.496 e. The first-order valence-electron chi connectivity index (χ1n) is 11.2. The zero-order valence-electron chi connectivity index (χ0n) is 20.1. The lowest BCUT2D eigenvalue weighted by molar-refractivity contribution is -0.150. The van der Waals surface area contributed by atoms with Gasteiger partial charge in [0.2, 0.25) is 0 Å². The number of thiazole rings is 1. The van der Waals surface area contributed by atoms with Crippen LogP contribution in [0.2, 0.25) is 0 Å². The van der Waals surface area contributed by atoms with Crippen molar-refractivity contribution >= 4 is 23.2 Å². The van der Waals surface area contributed by atoms with Gasteiger partial charge in [0.05, 0.1) is 19.8 Å². The Morgan fingerprint density at radius 1 is 1.36 bits per heavy atom. The third-order valence-corrected chi connectivity index (χ3v) is 7.15. The summed E-state index contributed by atoms with van der Waals surface area (Å²) in [6.45, 7) is 9.25. The van der Waals surface area contributed by atoms with E-state index in [0.717, 1.165) is 5.56 Å². The quantitative estimate of drug-likeness (QED) is 0.571. The van der Waals surface area contributed by atoms with Crippen molar-refractivity contribution in [3.05, 3.63) is 45.9 Å². The number of likely N-dealkylation sites (tertiary alicyclic amines) is 1. The first-order valence-corrected chi connectivity index (χ1v) is 12.0. The van der Waals surface area contributed by atoms with Gasteiger partial charge in [0.1, 0.15) is 16.3 Å². The molecular weight excluding hydrogens is 443 g/mol. The molecular formula is C25H33FN2O4S. The fourth-order valence-electron chi connectivity index (χ4n) is 4.99. The van der Waals surface area contributed by atoms with E-state index in [1.165, 1.54) is 16.2 Å². The molecule has 8 heteroatoms. The van der Waals surface area contributed by atoms with Crippen molar-refractivity contribution in [2.75, 3.05) is 13.8 Å². The van der Waals surface area contributed by atoms with Gasteiger partial charge >= 0.3 is 5.97 Å². The molecule has 3 rings (SSSR count). The number of benzene rings is 1. The number of methoxy groups -OCH3 is 1. The highest BCUT2D eigenvalue weighted by atomic mass is 32.1. The number of ether oxygens (including phenoxy) is 1. The highest BCUT2D eigenvalue weighted by Crippen LogP contribution is 2.51. The number of carbonyl (C=O) groups excluding carboxylic acids is 1. The summed E-state index contributed by atoms with van der Waals surface area (Å²) in [5.74, 6) is -1.66. The standard InChI is InChI=1S/C25H33FN2O4S/c1-15(2)12-25(23(30)31)13-17(14-26)20(21-27-9-10-33-21)28(25)22(29)16-7-8-18(24(3,4)5)19(11-16)32-6/h7-11,15,17,20H,12-14H2,1-6H3,(H,30,31)/t17-,20+,25-/m0/s1. The van der Waals surface area contributed by atoms with Crippen LogP contribution in [0, 0.1) is 11.8 Å². The summed E-state index contributed by atoms with van der Waals surface area (Å²) in [6, 6.07) is 4.46. The number of nitrogens with zero attached hydrogens (tertiary/aromatic N) is 2. The molecule has 1 N–H and O–H groups in total. The molecule has 1 saturated heterocycles. The summed E-state index contributed by atoms with van der Waals surface area (Å²) in [5, 5.41) is 12.7. The van der Waals surface area contributed by atoms with E-state index in [-0.39, 0.29) is 24.2 Å². The van der Waals surface area contributed by atoms with Crippen LogP contribution in [0.15, 0.2) is 29.8 Å². The van der Waals surface area contributed by atoms with Gasteiger partial charge in [0.15, 0.2) is 0 Å². The van der Waals surface area contributed by atoms with E-state index in [4.69, 9.17) is 4.74 Å². The Kier molecular flexibility index (Phi) is 7.17. The number of aliphatic carboxylic acids is 1. The molecule has 1 fully saturated rings. The van der Waals surface area contributed by atoms with Crippen LogP contribution in [-0.4, -0.2) is 46.2 Å². The molecule has 1 aliphatic heterocycles. The summed E-state index contributed by atoms with van der Waals surface area (Å²) in [5.41, 5.74) is -0.469. The lowest BCUT2D eigenvalue weighted by Gasteiger charge is -2.39. The van der Waals surface area contributed by atoms with E-state index in [1.54, 1.807) is 30.8 Å². The fourth-order valence-corrected chi connectivity index (χ4v) is 5.81. The average molecular weight is 477 g/mol. The Morgan fingerprint density at radius 2 is 2.06 bits per heavy atom. The topological polar surface area (TPSA) is 79.7 Å². The number of aromatic nitrogens is 1. The summed E-state index contributed by atoms with van der Waals surface area (Å²) < 4.78 is 19.8. The van der Waals surface area contributed by atoms with E-state index in [1.807, 2.05) is 19.9 Å². The van der Waals surface area contributed by atoms with E-state index < -0.39 is 36.0 Å². The van der Waals surface area contributed by atoms with Crippen molar-refractivity contribution in [3.63, 3.8) is 0 Å². The first-order chi connectivity index (χ1) is 15.5. The van der Waals surface area contributed by atoms with Crippen LogP contribution < -0.4 is 4.74 Å². The van der Waals surface area contributed by atoms with Gasteiger partial charge in [-0.1, -0.05) is 40.7 Å². The number of amides is 1. The average Bonchev–Trinajstić information content (AvgIpc) is 3.37. The molecule has 2 aromatic rings. The number of hydrogen-bond donors (Lipinski definition) is 1. The molecule has 0 unspecified atom stereocenters. The van der Waals surface area contributed by atoms with Crippen LogP contribution in [-0.2, 0) is 10.2 Å². The number of alkyl halides is 1. The predicted molar refractivity (Wildman–Crippen MR) is 127 cm³/mol. The molecule has 0 aliphatic carbocycles. The maximum atomic E-state index is 14.3. The number of carboxylic acid groups (broad SMARTS) is 1. The molecule has 180 valence electrons. The van der Waals surface area contributed by atoms with Gasteiger partial charge in [-0.25, -0.2) is 9.78 Å². The molecule has 3 atom stereocenters.